The average molecular weight is 427 g/mol. The number of piperidine rings is 1. The summed E-state index contributed by atoms with van der Waals surface area (Å²) in [6.07, 6.45) is 5.89. The number of pyridine rings is 1. The molecule has 0 amide bonds. The molecule has 0 aliphatic carbocycles. The molecule has 2 N–H and O–H groups in total. The molecule has 1 fully saturated rings. The van der Waals surface area contributed by atoms with E-state index in [1.807, 2.05) is 43.5 Å². The predicted octanol–water partition coefficient (Wildman–Crippen LogP) is 4.22. The van der Waals surface area contributed by atoms with Crippen molar-refractivity contribution in [1.29, 1.82) is 0 Å². The Kier molecular flexibility index (Phi) is 5.31. The fraction of sp³-hybridized carbons (Fsp3) is 0.280. The lowest BCUT2D eigenvalue weighted by Crippen LogP contribution is -2.35. The van der Waals surface area contributed by atoms with Gasteiger partial charge in [-0.05, 0) is 44.4 Å². The molecule has 162 valence electrons. The van der Waals surface area contributed by atoms with Crippen molar-refractivity contribution >= 4 is 5.82 Å². The van der Waals surface area contributed by atoms with Crippen molar-refractivity contribution in [1.82, 2.24) is 24.9 Å². The lowest BCUT2D eigenvalue weighted by Gasteiger charge is -2.32. The van der Waals surface area contributed by atoms with Crippen molar-refractivity contribution in [2.24, 2.45) is 0 Å². The van der Waals surface area contributed by atoms with E-state index in [4.69, 9.17) is 0 Å². The van der Waals surface area contributed by atoms with Crippen LogP contribution in [0.5, 0.6) is 0 Å². The highest BCUT2D eigenvalue weighted by Gasteiger charge is 2.24. The Morgan fingerprint density at radius 1 is 0.969 bits per heavy atom. The number of rotatable bonds is 4. The highest BCUT2D eigenvalue weighted by atomic mass is 16.1. The average Bonchev–Trinajstić information content (AvgIpc) is 3.33. The topological polar surface area (TPSA) is 90.6 Å². The van der Waals surface area contributed by atoms with E-state index in [2.05, 4.69) is 42.0 Å². The van der Waals surface area contributed by atoms with Gasteiger partial charge in [0.05, 0.1) is 11.9 Å². The van der Waals surface area contributed by atoms with Crippen LogP contribution in [0.3, 0.4) is 0 Å². The molecule has 1 aliphatic rings. The largest absolute Gasteiger partial charge is 0.356 e. The maximum absolute atomic E-state index is 12.1. The summed E-state index contributed by atoms with van der Waals surface area (Å²) < 4.78 is 0. The Hall–Kier alpha value is -3.74. The first kappa shape index (κ1) is 20.2. The molecule has 1 atom stereocenters. The molecule has 0 radical (unpaired) electrons. The molecule has 5 rings (SSSR count). The maximum atomic E-state index is 12.1. The van der Waals surface area contributed by atoms with Gasteiger partial charge in [-0.25, -0.2) is 15.0 Å². The van der Waals surface area contributed by atoms with Crippen LogP contribution in [0.4, 0.5) is 5.82 Å². The Bertz CT molecular complexity index is 1280. The second-order valence-corrected chi connectivity index (χ2v) is 8.36. The number of nitrogens with zero attached hydrogens (tertiary/aromatic N) is 4. The molecular formula is C25H26N6O. The van der Waals surface area contributed by atoms with E-state index in [1.54, 1.807) is 13.1 Å². The fourth-order valence-electron chi connectivity index (χ4n) is 4.21. The Balaban J connectivity index is 1.33. The Morgan fingerprint density at radius 3 is 2.56 bits per heavy atom. The van der Waals surface area contributed by atoms with Gasteiger partial charge in [0.2, 0.25) is 0 Å². The van der Waals surface area contributed by atoms with Crippen LogP contribution in [-0.2, 0) is 0 Å². The third-order valence-electron chi connectivity index (χ3n) is 6.23. The van der Waals surface area contributed by atoms with E-state index >= 15 is 0 Å². The minimum Gasteiger partial charge on any atom is -0.356 e. The molecule has 1 aromatic carbocycles. The number of hydrogen-bond acceptors (Lipinski definition) is 5. The second-order valence-electron chi connectivity index (χ2n) is 8.36. The van der Waals surface area contributed by atoms with Gasteiger partial charge in [-0.2, -0.15) is 0 Å². The number of aromatic amines is 2. The SMILES string of the molecule is Cc1nc(-c2ccc(N3CCCC(c4ncc(-c5ccccc5)[nH]4)C3)nc2)[nH]c(=O)c1C. The van der Waals surface area contributed by atoms with Gasteiger partial charge in [-0.3, -0.25) is 4.79 Å². The van der Waals surface area contributed by atoms with Gasteiger partial charge >= 0.3 is 0 Å². The number of aromatic nitrogens is 5. The summed E-state index contributed by atoms with van der Waals surface area (Å²) in [5.74, 6) is 2.85. The first-order valence-corrected chi connectivity index (χ1v) is 11.0. The van der Waals surface area contributed by atoms with Gasteiger partial charge in [0.1, 0.15) is 17.5 Å². The molecule has 0 bridgehead atoms. The summed E-state index contributed by atoms with van der Waals surface area (Å²) in [7, 11) is 0. The molecule has 32 heavy (non-hydrogen) atoms. The third kappa shape index (κ3) is 3.93. The number of aryl methyl sites for hydroxylation is 1. The van der Waals surface area contributed by atoms with Crippen LogP contribution in [-0.4, -0.2) is 38.0 Å². The fourth-order valence-corrected chi connectivity index (χ4v) is 4.21. The smallest absolute Gasteiger partial charge is 0.254 e. The number of H-pyrrole nitrogens is 2. The zero-order valence-corrected chi connectivity index (χ0v) is 18.3. The maximum Gasteiger partial charge on any atom is 0.254 e. The van der Waals surface area contributed by atoms with Gasteiger partial charge < -0.3 is 14.9 Å². The van der Waals surface area contributed by atoms with Crippen LogP contribution in [0, 0.1) is 13.8 Å². The molecular weight excluding hydrogens is 400 g/mol. The van der Waals surface area contributed by atoms with Crippen LogP contribution in [0.1, 0.15) is 35.8 Å². The van der Waals surface area contributed by atoms with Gasteiger partial charge in [0, 0.05) is 42.0 Å². The summed E-state index contributed by atoms with van der Waals surface area (Å²) >= 11 is 0. The van der Waals surface area contributed by atoms with Crippen LogP contribution in [0.25, 0.3) is 22.6 Å². The van der Waals surface area contributed by atoms with Crippen LogP contribution in [0.2, 0.25) is 0 Å². The van der Waals surface area contributed by atoms with E-state index in [0.717, 1.165) is 60.1 Å². The number of benzene rings is 1. The third-order valence-corrected chi connectivity index (χ3v) is 6.23. The molecule has 1 aliphatic heterocycles. The second kappa shape index (κ2) is 8.42. The van der Waals surface area contributed by atoms with E-state index in [1.165, 1.54) is 0 Å². The number of hydrogen-bond donors (Lipinski definition) is 2. The number of imidazole rings is 1. The minimum absolute atomic E-state index is 0.108. The predicted molar refractivity (Wildman–Crippen MR) is 126 cm³/mol. The molecule has 0 spiro atoms. The zero-order chi connectivity index (χ0) is 22.1. The molecule has 3 aromatic heterocycles. The number of nitrogens with one attached hydrogen (secondary N) is 2. The summed E-state index contributed by atoms with van der Waals surface area (Å²) in [6, 6.07) is 14.3. The van der Waals surface area contributed by atoms with Gasteiger partial charge in [0.25, 0.3) is 5.56 Å². The summed E-state index contributed by atoms with van der Waals surface area (Å²) in [4.78, 5) is 34.6. The standard InChI is InChI=1S/C25H26N6O/c1-16-17(2)28-24(30-25(16)32)19-10-11-22(26-13-19)31-12-6-9-20(15-31)23-27-14-21(29-23)18-7-4-3-5-8-18/h3-5,7-8,10-11,13-14,20H,6,9,12,15H2,1-2H3,(H,27,29)(H,28,30,32). The van der Waals surface area contributed by atoms with Crippen LogP contribution < -0.4 is 10.5 Å². The first-order valence-electron chi connectivity index (χ1n) is 11.0. The Morgan fingerprint density at radius 2 is 1.81 bits per heavy atom. The molecule has 0 saturated carbocycles. The van der Waals surface area contributed by atoms with Crippen molar-refractivity contribution in [2.75, 3.05) is 18.0 Å². The Labute approximate surface area is 186 Å². The van der Waals surface area contributed by atoms with Crippen molar-refractivity contribution in [2.45, 2.75) is 32.6 Å². The zero-order valence-electron chi connectivity index (χ0n) is 18.3. The van der Waals surface area contributed by atoms with E-state index in [0.29, 0.717) is 17.3 Å². The van der Waals surface area contributed by atoms with Crippen molar-refractivity contribution in [3.63, 3.8) is 0 Å². The van der Waals surface area contributed by atoms with Crippen LogP contribution in [0.15, 0.2) is 59.7 Å². The highest BCUT2D eigenvalue weighted by molar-refractivity contribution is 5.59. The van der Waals surface area contributed by atoms with Crippen molar-refractivity contribution in [3.05, 3.63) is 82.3 Å². The normalized spacial score (nSPS) is 16.3. The molecule has 1 saturated heterocycles. The summed E-state index contributed by atoms with van der Waals surface area (Å²) in [5, 5.41) is 0. The van der Waals surface area contributed by atoms with E-state index < -0.39 is 0 Å². The molecule has 1 unspecified atom stereocenters. The molecule has 7 nitrogen and oxygen atoms in total. The monoisotopic (exact) mass is 426 g/mol. The summed E-state index contributed by atoms with van der Waals surface area (Å²) in [6.45, 7) is 5.46. The molecule has 4 heterocycles. The number of anilines is 1. The van der Waals surface area contributed by atoms with Gasteiger partial charge in [-0.1, -0.05) is 30.3 Å². The molecule has 7 heteroatoms. The van der Waals surface area contributed by atoms with Gasteiger partial charge in [0.15, 0.2) is 0 Å². The lowest BCUT2D eigenvalue weighted by molar-refractivity contribution is 0.492. The quantitative estimate of drug-likeness (QED) is 0.510. The van der Waals surface area contributed by atoms with Crippen LogP contribution >= 0.6 is 0 Å². The highest BCUT2D eigenvalue weighted by Crippen LogP contribution is 2.29. The lowest BCUT2D eigenvalue weighted by atomic mass is 9.97. The van der Waals surface area contributed by atoms with E-state index in [9.17, 15) is 4.79 Å². The summed E-state index contributed by atoms with van der Waals surface area (Å²) in [5.41, 5.74) is 4.28. The first-order chi connectivity index (χ1) is 15.6. The molecule has 4 aromatic rings. The minimum atomic E-state index is -0.108. The van der Waals surface area contributed by atoms with E-state index in [-0.39, 0.29) is 5.56 Å². The van der Waals surface area contributed by atoms with Crippen molar-refractivity contribution in [3.8, 4) is 22.6 Å². The van der Waals surface area contributed by atoms with Crippen molar-refractivity contribution < 1.29 is 0 Å². The van der Waals surface area contributed by atoms with Gasteiger partial charge in [-0.15, -0.1) is 0 Å².